The van der Waals surface area contributed by atoms with Crippen LogP contribution in [0.4, 0.5) is 5.69 Å². The lowest BCUT2D eigenvalue weighted by Crippen LogP contribution is -2.45. The fourth-order valence-corrected chi connectivity index (χ4v) is 2.98. The molecule has 0 bridgehead atoms. The largest absolute Gasteiger partial charge is 0.399 e. The maximum absolute atomic E-state index is 12.6. The summed E-state index contributed by atoms with van der Waals surface area (Å²) in [6.07, 6.45) is 4.89. The highest BCUT2D eigenvalue weighted by Gasteiger charge is 2.26. The molecule has 1 amide bonds. The Morgan fingerprint density at radius 1 is 1.29 bits per heavy atom. The van der Waals surface area contributed by atoms with Crippen LogP contribution in [-0.4, -0.2) is 36.5 Å². The third-order valence-corrected chi connectivity index (χ3v) is 4.67. The molecule has 114 valence electrons. The minimum atomic E-state index is 0.125. The lowest BCUT2D eigenvalue weighted by Gasteiger charge is -2.33. The van der Waals surface area contributed by atoms with Crippen LogP contribution >= 0.6 is 0 Å². The van der Waals surface area contributed by atoms with E-state index in [-0.39, 0.29) is 5.91 Å². The smallest absolute Gasteiger partial charge is 0.254 e. The lowest BCUT2D eigenvalue weighted by atomic mass is 10.0. The molecule has 4 nitrogen and oxygen atoms in total. The van der Waals surface area contributed by atoms with Gasteiger partial charge in [-0.2, -0.15) is 0 Å². The number of piperidine rings is 1. The number of amides is 1. The predicted octanol–water partition coefficient (Wildman–Crippen LogP) is 2.18. The van der Waals surface area contributed by atoms with Gasteiger partial charge in [-0.3, -0.25) is 4.79 Å². The SMILES string of the molecule is Cc1ccc(N)cc1C(=O)N1CCC(NCC2CC2)CC1. The Kier molecular flexibility index (Phi) is 4.15. The van der Waals surface area contributed by atoms with Crippen molar-refractivity contribution >= 4 is 11.6 Å². The van der Waals surface area contributed by atoms with Crippen molar-refractivity contribution in [1.82, 2.24) is 10.2 Å². The molecule has 1 aromatic carbocycles. The lowest BCUT2D eigenvalue weighted by molar-refractivity contribution is 0.0704. The number of rotatable bonds is 4. The number of aryl methyl sites for hydroxylation is 1. The first-order chi connectivity index (χ1) is 10.1. The molecule has 2 fully saturated rings. The van der Waals surface area contributed by atoms with E-state index >= 15 is 0 Å². The van der Waals surface area contributed by atoms with Crippen LogP contribution in [-0.2, 0) is 0 Å². The minimum Gasteiger partial charge on any atom is -0.399 e. The molecule has 21 heavy (non-hydrogen) atoms. The molecule has 1 aliphatic carbocycles. The van der Waals surface area contributed by atoms with E-state index in [9.17, 15) is 4.79 Å². The van der Waals surface area contributed by atoms with Gasteiger partial charge < -0.3 is 16.0 Å². The van der Waals surface area contributed by atoms with Crippen molar-refractivity contribution in [3.8, 4) is 0 Å². The zero-order chi connectivity index (χ0) is 14.8. The number of nitrogens with two attached hydrogens (primary N) is 1. The monoisotopic (exact) mass is 287 g/mol. The van der Waals surface area contributed by atoms with Crippen molar-refractivity contribution in [2.45, 2.75) is 38.6 Å². The Hall–Kier alpha value is -1.55. The van der Waals surface area contributed by atoms with Gasteiger partial charge in [-0.1, -0.05) is 6.07 Å². The molecule has 0 radical (unpaired) electrons. The Morgan fingerprint density at radius 3 is 2.67 bits per heavy atom. The van der Waals surface area contributed by atoms with E-state index in [1.807, 2.05) is 24.0 Å². The second-order valence-electron chi connectivity index (χ2n) is 6.49. The van der Waals surface area contributed by atoms with Gasteiger partial charge in [-0.05, 0) is 62.8 Å². The quantitative estimate of drug-likeness (QED) is 0.835. The maximum Gasteiger partial charge on any atom is 0.254 e. The molecule has 1 saturated heterocycles. The number of nitrogens with zero attached hydrogens (tertiary/aromatic N) is 1. The third kappa shape index (κ3) is 3.56. The summed E-state index contributed by atoms with van der Waals surface area (Å²) in [4.78, 5) is 14.6. The fraction of sp³-hybridized carbons (Fsp3) is 0.588. The average molecular weight is 287 g/mol. The topological polar surface area (TPSA) is 58.4 Å². The molecule has 2 aliphatic rings. The number of carbonyl (C=O) groups excluding carboxylic acids is 1. The van der Waals surface area contributed by atoms with Gasteiger partial charge in [-0.25, -0.2) is 0 Å². The van der Waals surface area contributed by atoms with Gasteiger partial charge in [0.15, 0.2) is 0 Å². The summed E-state index contributed by atoms with van der Waals surface area (Å²) in [5.41, 5.74) is 8.22. The molecule has 4 heteroatoms. The Bertz CT molecular complexity index is 517. The normalized spacial score (nSPS) is 19.8. The van der Waals surface area contributed by atoms with Crippen LogP contribution in [0.1, 0.15) is 41.6 Å². The van der Waals surface area contributed by atoms with E-state index in [0.29, 0.717) is 11.7 Å². The summed E-state index contributed by atoms with van der Waals surface area (Å²) in [6.45, 7) is 4.81. The maximum atomic E-state index is 12.6. The first-order valence-corrected chi connectivity index (χ1v) is 8.02. The van der Waals surface area contributed by atoms with E-state index in [0.717, 1.165) is 49.5 Å². The summed E-state index contributed by atoms with van der Waals surface area (Å²) in [5.74, 6) is 1.04. The molecule has 3 rings (SSSR count). The summed E-state index contributed by atoms with van der Waals surface area (Å²) in [6, 6.07) is 6.15. The second kappa shape index (κ2) is 6.06. The van der Waals surface area contributed by atoms with Crippen LogP contribution in [0.3, 0.4) is 0 Å². The van der Waals surface area contributed by atoms with Gasteiger partial charge in [0.2, 0.25) is 0 Å². The van der Waals surface area contributed by atoms with Crippen LogP contribution in [0.15, 0.2) is 18.2 Å². The summed E-state index contributed by atoms with van der Waals surface area (Å²) in [5, 5.41) is 3.65. The number of benzene rings is 1. The van der Waals surface area contributed by atoms with E-state index in [1.165, 1.54) is 12.8 Å². The number of hydrogen-bond donors (Lipinski definition) is 2. The Labute approximate surface area is 126 Å². The van der Waals surface area contributed by atoms with Crippen LogP contribution in [0.25, 0.3) is 0 Å². The number of anilines is 1. The first kappa shape index (κ1) is 14.4. The molecule has 1 aliphatic heterocycles. The number of nitrogens with one attached hydrogen (secondary N) is 1. The Morgan fingerprint density at radius 2 is 2.00 bits per heavy atom. The van der Waals surface area contributed by atoms with E-state index < -0.39 is 0 Å². The number of hydrogen-bond acceptors (Lipinski definition) is 3. The van der Waals surface area contributed by atoms with Gasteiger partial charge in [0.05, 0.1) is 0 Å². The Balaban J connectivity index is 1.55. The van der Waals surface area contributed by atoms with Crippen LogP contribution in [0.5, 0.6) is 0 Å². The highest BCUT2D eigenvalue weighted by atomic mass is 16.2. The van der Waals surface area contributed by atoms with Crippen LogP contribution in [0.2, 0.25) is 0 Å². The number of likely N-dealkylation sites (tertiary alicyclic amines) is 1. The molecule has 1 saturated carbocycles. The highest BCUT2D eigenvalue weighted by molar-refractivity contribution is 5.96. The fourth-order valence-electron chi connectivity index (χ4n) is 2.98. The number of carbonyl (C=O) groups is 1. The standard InChI is InChI=1S/C17H25N3O/c1-12-2-5-14(18)10-16(12)17(21)20-8-6-15(7-9-20)19-11-13-3-4-13/h2,5,10,13,15,19H,3-4,6-9,11,18H2,1H3. The zero-order valence-corrected chi connectivity index (χ0v) is 12.8. The minimum absolute atomic E-state index is 0.125. The van der Waals surface area contributed by atoms with Gasteiger partial charge in [0.1, 0.15) is 0 Å². The second-order valence-corrected chi connectivity index (χ2v) is 6.49. The van der Waals surface area contributed by atoms with Gasteiger partial charge >= 0.3 is 0 Å². The summed E-state index contributed by atoms with van der Waals surface area (Å²) in [7, 11) is 0. The van der Waals surface area contributed by atoms with Crippen LogP contribution in [0, 0.1) is 12.8 Å². The first-order valence-electron chi connectivity index (χ1n) is 8.02. The molecule has 0 unspecified atom stereocenters. The van der Waals surface area contributed by atoms with Crippen molar-refractivity contribution in [1.29, 1.82) is 0 Å². The molecule has 0 aromatic heterocycles. The molecule has 3 N–H and O–H groups in total. The zero-order valence-electron chi connectivity index (χ0n) is 12.8. The van der Waals surface area contributed by atoms with Crippen molar-refractivity contribution in [3.05, 3.63) is 29.3 Å². The van der Waals surface area contributed by atoms with E-state index in [2.05, 4.69) is 5.32 Å². The average Bonchev–Trinajstić information content (AvgIpc) is 3.32. The predicted molar refractivity (Wildman–Crippen MR) is 85.2 cm³/mol. The number of nitrogen functional groups attached to an aromatic ring is 1. The highest BCUT2D eigenvalue weighted by Crippen LogP contribution is 2.28. The van der Waals surface area contributed by atoms with Crippen molar-refractivity contribution < 1.29 is 4.79 Å². The van der Waals surface area contributed by atoms with E-state index in [1.54, 1.807) is 6.07 Å². The molecule has 0 atom stereocenters. The van der Waals surface area contributed by atoms with Crippen LogP contribution < -0.4 is 11.1 Å². The molecular formula is C17H25N3O. The van der Waals surface area contributed by atoms with Crippen molar-refractivity contribution in [2.24, 2.45) is 5.92 Å². The molecule has 1 heterocycles. The van der Waals surface area contributed by atoms with Gasteiger partial charge in [-0.15, -0.1) is 0 Å². The van der Waals surface area contributed by atoms with Gasteiger partial charge in [0.25, 0.3) is 5.91 Å². The molecular weight excluding hydrogens is 262 g/mol. The van der Waals surface area contributed by atoms with E-state index in [4.69, 9.17) is 5.73 Å². The summed E-state index contributed by atoms with van der Waals surface area (Å²) < 4.78 is 0. The molecule has 0 spiro atoms. The summed E-state index contributed by atoms with van der Waals surface area (Å²) >= 11 is 0. The van der Waals surface area contributed by atoms with Crippen molar-refractivity contribution in [3.63, 3.8) is 0 Å². The van der Waals surface area contributed by atoms with Gasteiger partial charge in [0, 0.05) is 30.4 Å². The van der Waals surface area contributed by atoms with Crippen molar-refractivity contribution in [2.75, 3.05) is 25.4 Å². The third-order valence-electron chi connectivity index (χ3n) is 4.67. The molecule has 1 aromatic rings.